The number of amides is 1. The summed E-state index contributed by atoms with van der Waals surface area (Å²) in [5, 5.41) is 6.20. The summed E-state index contributed by atoms with van der Waals surface area (Å²) in [5.41, 5.74) is 4.29. The van der Waals surface area contributed by atoms with E-state index in [0.717, 1.165) is 22.5 Å². The highest BCUT2D eigenvalue weighted by Crippen LogP contribution is 2.16. The fraction of sp³-hybridized carbons (Fsp3) is 0.333. The number of hydrogen-bond donors (Lipinski definition) is 2. The van der Waals surface area contributed by atoms with Gasteiger partial charge in [0.25, 0.3) is 5.91 Å². The summed E-state index contributed by atoms with van der Waals surface area (Å²) in [7, 11) is 0. The van der Waals surface area contributed by atoms with Crippen molar-refractivity contribution in [3.63, 3.8) is 0 Å². The van der Waals surface area contributed by atoms with Crippen LogP contribution in [0.3, 0.4) is 0 Å². The number of rotatable bonds is 3. The van der Waals surface area contributed by atoms with Crippen LogP contribution in [-0.2, 0) is 0 Å². The molecule has 0 saturated heterocycles. The number of nitrogens with zero attached hydrogens (tertiary/aromatic N) is 1. The standard InChI is InChI=1S/C18H23N3O/c1-12-8-13(2)10-15(9-12)20-17(22)16-7-6-14(11-19-16)21-18(3,4)5/h6-11,21H,1-5H3,(H,20,22). The van der Waals surface area contributed by atoms with Crippen LogP contribution < -0.4 is 10.6 Å². The predicted molar refractivity (Wildman–Crippen MR) is 91.5 cm³/mol. The SMILES string of the molecule is Cc1cc(C)cc(NC(=O)c2ccc(NC(C)(C)C)cn2)c1. The highest BCUT2D eigenvalue weighted by Gasteiger charge is 2.11. The first kappa shape index (κ1) is 16.0. The maximum absolute atomic E-state index is 12.2. The Morgan fingerprint density at radius 2 is 1.64 bits per heavy atom. The topological polar surface area (TPSA) is 54.0 Å². The summed E-state index contributed by atoms with van der Waals surface area (Å²) in [4.78, 5) is 16.5. The Balaban J connectivity index is 2.09. The van der Waals surface area contributed by atoms with Gasteiger partial charge < -0.3 is 10.6 Å². The fourth-order valence-electron chi connectivity index (χ4n) is 2.28. The molecule has 22 heavy (non-hydrogen) atoms. The summed E-state index contributed by atoms with van der Waals surface area (Å²) >= 11 is 0. The van der Waals surface area contributed by atoms with Crippen LogP contribution in [0.15, 0.2) is 36.5 Å². The molecule has 2 aromatic rings. The van der Waals surface area contributed by atoms with Crippen molar-refractivity contribution < 1.29 is 4.79 Å². The summed E-state index contributed by atoms with van der Waals surface area (Å²) < 4.78 is 0. The fourth-order valence-corrected chi connectivity index (χ4v) is 2.28. The quantitative estimate of drug-likeness (QED) is 0.894. The number of carbonyl (C=O) groups is 1. The molecule has 2 rings (SSSR count). The molecule has 0 saturated carbocycles. The number of pyridine rings is 1. The van der Waals surface area contributed by atoms with Crippen LogP contribution in [0.2, 0.25) is 0 Å². The molecule has 0 aliphatic rings. The summed E-state index contributed by atoms with van der Waals surface area (Å²) in [5.74, 6) is -0.202. The van der Waals surface area contributed by atoms with Crippen LogP contribution in [0.4, 0.5) is 11.4 Å². The number of hydrogen-bond acceptors (Lipinski definition) is 3. The highest BCUT2D eigenvalue weighted by molar-refractivity contribution is 6.03. The van der Waals surface area contributed by atoms with Gasteiger partial charge in [-0.3, -0.25) is 4.79 Å². The van der Waals surface area contributed by atoms with Crippen molar-refractivity contribution in [3.8, 4) is 0 Å². The van der Waals surface area contributed by atoms with E-state index in [9.17, 15) is 4.79 Å². The van der Waals surface area contributed by atoms with Crippen molar-refractivity contribution in [1.82, 2.24) is 4.98 Å². The van der Waals surface area contributed by atoms with E-state index in [1.165, 1.54) is 0 Å². The lowest BCUT2D eigenvalue weighted by molar-refractivity contribution is 0.102. The second kappa shape index (κ2) is 6.18. The van der Waals surface area contributed by atoms with Gasteiger partial charge in [-0.15, -0.1) is 0 Å². The van der Waals surface area contributed by atoms with E-state index in [0.29, 0.717) is 5.69 Å². The molecule has 116 valence electrons. The molecule has 1 heterocycles. The maximum Gasteiger partial charge on any atom is 0.274 e. The van der Waals surface area contributed by atoms with Crippen molar-refractivity contribution in [2.45, 2.75) is 40.2 Å². The Kier molecular flexibility index (Phi) is 4.50. The number of aryl methyl sites for hydroxylation is 2. The van der Waals surface area contributed by atoms with Crippen LogP contribution in [0, 0.1) is 13.8 Å². The molecule has 0 atom stereocenters. The van der Waals surface area contributed by atoms with Gasteiger partial charge >= 0.3 is 0 Å². The van der Waals surface area contributed by atoms with Gasteiger partial charge in [0, 0.05) is 11.2 Å². The van der Waals surface area contributed by atoms with Crippen molar-refractivity contribution in [1.29, 1.82) is 0 Å². The average molecular weight is 297 g/mol. The third-order valence-electron chi connectivity index (χ3n) is 3.00. The zero-order chi connectivity index (χ0) is 16.3. The number of benzene rings is 1. The Labute approximate surface area is 132 Å². The Morgan fingerprint density at radius 1 is 1.00 bits per heavy atom. The Bertz CT molecular complexity index is 649. The molecule has 4 nitrogen and oxygen atoms in total. The molecule has 0 aliphatic heterocycles. The van der Waals surface area contributed by atoms with E-state index in [2.05, 4.69) is 42.5 Å². The molecule has 0 spiro atoms. The largest absolute Gasteiger partial charge is 0.379 e. The third kappa shape index (κ3) is 4.58. The van der Waals surface area contributed by atoms with Crippen LogP contribution in [0.25, 0.3) is 0 Å². The van der Waals surface area contributed by atoms with Crippen LogP contribution >= 0.6 is 0 Å². The number of anilines is 2. The molecule has 4 heteroatoms. The summed E-state index contributed by atoms with van der Waals surface area (Å²) in [6.07, 6.45) is 1.68. The van der Waals surface area contributed by atoms with E-state index >= 15 is 0 Å². The first-order valence-corrected chi connectivity index (χ1v) is 7.37. The van der Waals surface area contributed by atoms with E-state index in [1.807, 2.05) is 32.0 Å². The Morgan fingerprint density at radius 3 is 2.14 bits per heavy atom. The maximum atomic E-state index is 12.2. The number of nitrogens with one attached hydrogen (secondary N) is 2. The minimum absolute atomic E-state index is 0.0372. The van der Waals surface area contributed by atoms with Gasteiger partial charge in [0.2, 0.25) is 0 Å². The second-order valence-corrected chi connectivity index (χ2v) is 6.64. The molecule has 1 aromatic heterocycles. The lowest BCUT2D eigenvalue weighted by atomic mass is 10.1. The van der Waals surface area contributed by atoms with Gasteiger partial charge in [0.05, 0.1) is 11.9 Å². The zero-order valence-corrected chi connectivity index (χ0v) is 13.8. The van der Waals surface area contributed by atoms with Gasteiger partial charge in [-0.25, -0.2) is 4.98 Å². The minimum atomic E-state index is -0.202. The van der Waals surface area contributed by atoms with Crippen LogP contribution in [0.5, 0.6) is 0 Å². The van der Waals surface area contributed by atoms with E-state index in [4.69, 9.17) is 0 Å². The third-order valence-corrected chi connectivity index (χ3v) is 3.00. The highest BCUT2D eigenvalue weighted by atomic mass is 16.1. The van der Waals surface area contributed by atoms with Crippen molar-refractivity contribution >= 4 is 17.3 Å². The monoisotopic (exact) mass is 297 g/mol. The van der Waals surface area contributed by atoms with E-state index < -0.39 is 0 Å². The van der Waals surface area contributed by atoms with E-state index in [-0.39, 0.29) is 11.4 Å². The molecule has 0 bridgehead atoms. The smallest absolute Gasteiger partial charge is 0.274 e. The lowest BCUT2D eigenvalue weighted by Gasteiger charge is -2.21. The molecule has 0 fully saturated rings. The van der Waals surface area contributed by atoms with Crippen LogP contribution in [-0.4, -0.2) is 16.4 Å². The van der Waals surface area contributed by atoms with E-state index in [1.54, 1.807) is 12.3 Å². The number of carbonyl (C=O) groups excluding carboxylic acids is 1. The molecular formula is C18H23N3O. The predicted octanol–water partition coefficient (Wildman–Crippen LogP) is 4.16. The molecule has 0 unspecified atom stereocenters. The van der Waals surface area contributed by atoms with Crippen molar-refractivity contribution in [2.75, 3.05) is 10.6 Å². The first-order chi connectivity index (χ1) is 10.2. The van der Waals surface area contributed by atoms with Gasteiger partial charge in [0.15, 0.2) is 0 Å². The van der Waals surface area contributed by atoms with Crippen molar-refractivity contribution in [3.05, 3.63) is 53.3 Å². The minimum Gasteiger partial charge on any atom is -0.379 e. The average Bonchev–Trinajstić information content (AvgIpc) is 2.36. The molecule has 0 radical (unpaired) electrons. The zero-order valence-electron chi connectivity index (χ0n) is 13.8. The lowest BCUT2D eigenvalue weighted by Crippen LogP contribution is -2.26. The molecule has 1 amide bonds. The first-order valence-electron chi connectivity index (χ1n) is 7.37. The normalized spacial score (nSPS) is 11.1. The van der Waals surface area contributed by atoms with Gasteiger partial charge in [0.1, 0.15) is 5.69 Å². The van der Waals surface area contributed by atoms with Gasteiger partial charge in [-0.1, -0.05) is 6.07 Å². The second-order valence-electron chi connectivity index (χ2n) is 6.64. The van der Waals surface area contributed by atoms with Crippen molar-refractivity contribution in [2.24, 2.45) is 0 Å². The molecule has 1 aromatic carbocycles. The summed E-state index contributed by atoms with van der Waals surface area (Å²) in [6.45, 7) is 10.2. The number of aromatic nitrogens is 1. The Hall–Kier alpha value is -2.36. The van der Waals surface area contributed by atoms with Gasteiger partial charge in [-0.2, -0.15) is 0 Å². The van der Waals surface area contributed by atoms with Crippen LogP contribution in [0.1, 0.15) is 42.4 Å². The van der Waals surface area contributed by atoms with Gasteiger partial charge in [-0.05, 0) is 70.0 Å². The molecular weight excluding hydrogens is 274 g/mol. The summed E-state index contributed by atoms with van der Waals surface area (Å²) in [6, 6.07) is 9.56. The molecule has 2 N–H and O–H groups in total. The molecule has 0 aliphatic carbocycles.